The zero-order valence-corrected chi connectivity index (χ0v) is 12.1. The summed E-state index contributed by atoms with van der Waals surface area (Å²) in [6.45, 7) is 2.06. The number of hydrogen-bond donors (Lipinski definition) is 1. The van der Waals surface area contributed by atoms with Crippen LogP contribution < -0.4 is 10.1 Å². The number of nitrogens with one attached hydrogen (secondary N) is 1. The average Bonchev–Trinajstić information content (AvgIpc) is 3.08. The molecule has 110 valence electrons. The first-order valence-corrected chi connectivity index (χ1v) is 7.48. The van der Waals surface area contributed by atoms with Crippen LogP contribution in [0.25, 0.3) is 0 Å². The summed E-state index contributed by atoms with van der Waals surface area (Å²) in [4.78, 5) is 0. The maximum atomic E-state index is 6.05. The number of benzene rings is 1. The Hall–Kier alpha value is -1.10. The van der Waals surface area contributed by atoms with Crippen LogP contribution in [0.4, 0.5) is 0 Å². The van der Waals surface area contributed by atoms with E-state index in [1.54, 1.807) is 0 Å². The molecule has 1 atom stereocenters. The molecule has 1 aromatic carbocycles. The fraction of sp³-hybridized carbons (Fsp3) is 0.625. The van der Waals surface area contributed by atoms with E-state index in [4.69, 9.17) is 14.2 Å². The van der Waals surface area contributed by atoms with Crippen LogP contribution in [0.1, 0.15) is 31.2 Å². The van der Waals surface area contributed by atoms with Crippen molar-refractivity contribution in [2.45, 2.75) is 44.1 Å². The molecule has 0 bridgehead atoms. The Morgan fingerprint density at radius 3 is 3.00 bits per heavy atom. The number of hydrogen-bond acceptors (Lipinski definition) is 4. The fourth-order valence-corrected chi connectivity index (χ4v) is 3.01. The van der Waals surface area contributed by atoms with Crippen molar-refractivity contribution in [1.29, 1.82) is 0 Å². The monoisotopic (exact) mass is 277 g/mol. The van der Waals surface area contributed by atoms with Gasteiger partial charge >= 0.3 is 0 Å². The van der Waals surface area contributed by atoms with Crippen LogP contribution in [0.3, 0.4) is 0 Å². The minimum atomic E-state index is -0.290. The summed E-state index contributed by atoms with van der Waals surface area (Å²) in [6.07, 6.45) is 4.53. The van der Waals surface area contributed by atoms with Gasteiger partial charge in [0.2, 0.25) is 0 Å². The van der Waals surface area contributed by atoms with E-state index in [-0.39, 0.29) is 11.9 Å². The Kier molecular flexibility index (Phi) is 4.24. The molecule has 1 aliphatic heterocycles. The minimum absolute atomic E-state index is 0.0565. The van der Waals surface area contributed by atoms with Crippen molar-refractivity contribution in [2.75, 3.05) is 20.3 Å². The van der Waals surface area contributed by atoms with Gasteiger partial charge in [0.15, 0.2) is 5.79 Å². The van der Waals surface area contributed by atoms with Crippen molar-refractivity contribution in [3.8, 4) is 5.75 Å². The smallest absolute Gasteiger partial charge is 0.169 e. The molecule has 1 N–H and O–H groups in total. The van der Waals surface area contributed by atoms with Gasteiger partial charge < -0.3 is 19.5 Å². The van der Waals surface area contributed by atoms with E-state index in [9.17, 15) is 0 Å². The van der Waals surface area contributed by atoms with Crippen LogP contribution in [0.5, 0.6) is 5.75 Å². The summed E-state index contributed by atoms with van der Waals surface area (Å²) in [6, 6.07) is 8.16. The van der Waals surface area contributed by atoms with Gasteiger partial charge in [-0.15, -0.1) is 0 Å². The van der Waals surface area contributed by atoms with Gasteiger partial charge in [-0.05, 0) is 37.6 Å². The van der Waals surface area contributed by atoms with Crippen LogP contribution in [-0.4, -0.2) is 32.2 Å². The van der Waals surface area contributed by atoms with Gasteiger partial charge in [0, 0.05) is 19.4 Å². The van der Waals surface area contributed by atoms with Crippen molar-refractivity contribution in [1.82, 2.24) is 5.32 Å². The number of ether oxygens (including phenoxy) is 3. The first kappa shape index (κ1) is 13.9. The van der Waals surface area contributed by atoms with E-state index in [1.165, 1.54) is 18.4 Å². The second-order valence-electron chi connectivity index (χ2n) is 5.66. The lowest BCUT2D eigenvalue weighted by atomic mass is 10.2. The van der Waals surface area contributed by atoms with E-state index in [2.05, 4.69) is 17.4 Å². The van der Waals surface area contributed by atoms with Crippen molar-refractivity contribution in [3.05, 3.63) is 29.8 Å². The Morgan fingerprint density at radius 1 is 1.35 bits per heavy atom. The van der Waals surface area contributed by atoms with Gasteiger partial charge in [-0.25, -0.2) is 0 Å². The third kappa shape index (κ3) is 3.14. The highest BCUT2D eigenvalue weighted by Crippen LogP contribution is 2.39. The van der Waals surface area contributed by atoms with E-state index in [0.29, 0.717) is 13.2 Å². The topological polar surface area (TPSA) is 39.7 Å². The molecule has 0 amide bonds. The SMILES string of the molecule is CNCc1cccc(OCC2COC3(CCCC3)O2)c1. The van der Waals surface area contributed by atoms with Crippen LogP contribution >= 0.6 is 0 Å². The Labute approximate surface area is 120 Å². The summed E-state index contributed by atoms with van der Waals surface area (Å²) in [5.41, 5.74) is 1.22. The van der Waals surface area contributed by atoms with E-state index in [1.807, 2.05) is 19.2 Å². The molecule has 1 heterocycles. The van der Waals surface area contributed by atoms with Crippen LogP contribution in [0.2, 0.25) is 0 Å². The summed E-state index contributed by atoms with van der Waals surface area (Å²) >= 11 is 0. The molecule has 2 aliphatic rings. The minimum Gasteiger partial charge on any atom is -0.491 e. The standard InChI is InChI=1S/C16H23NO3/c1-17-10-13-5-4-6-14(9-13)18-11-15-12-19-16(20-15)7-2-3-8-16/h4-6,9,15,17H,2-3,7-8,10-12H2,1H3. The van der Waals surface area contributed by atoms with Gasteiger partial charge in [-0.2, -0.15) is 0 Å². The molecule has 4 heteroatoms. The quantitative estimate of drug-likeness (QED) is 0.897. The normalized spacial score (nSPS) is 24.4. The van der Waals surface area contributed by atoms with Gasteiger partial charge in [0.1, 0.15) is 18.5 Å². The molecule has 0 aromatic heterocycles. The Bertz CT molecular complexity index is 443. The second kappa shape index (κ2) is 6.12. The molecule has 4 nitrogen and oxygen atoms in total. The highest BCUT2D eigenvalue weighted by atomic mass is 16.8. The molecule has 2 fully saturated rings. The summed E-state index contributed by atoms with van der Waals surface area (Å²) in [7, 11) is 1.94. The summed E-state index contributed by atoms with van der Waals surface area (Å²) in [5.74, 6) is 0.607. The second-order valence-corrected chi connectivity index (χ2v) is 5.66. The van der Waals surface area contributed by atoms with Gasteiger partial charge in [-0.1, -0.05) is 12.1 Å². The third-order valence-corrected chi connectivity index (χ3v) is 3.99. The van der Waals surface area contributed by atoms with Crippen molar-refractivity contribution >= 4 is 0 Å². The first-order valence-electron chi connectivity index (χ1n) is 7.48. The zero-order chi connectivity index (χ0) is 13.8. The lowest BCUT2D eigenvalue weighted by molar-refractivity contribution is -0.164. The summed E-state index contributed by atoms with van der Waals surface area (Å²) in [5, 5.41) is 3.14. The average molecular weight is 277 g/mol. The molecule has 3 rings (SSSR count). The van der Waals surface area contributed by atoms with Crippen LogP contribution in [0, 0.1) is 0 Å². The molecule has 1 spiro atoms. The third-order valence-electron chi connectivity index (χ3n) is 3.99. The highest BCUT2D eigenvalue weighted by Gasteiger charge is 2.43. The van der Waals surface area contributed by atoms with E-state index >= 15 is 0 Å². The molecule has 0 radical (unpaired) electrons. The molecule has 1 aromatic rings. The summed E-state index contributed by atoms with van der Waals surface area (Å²) < 4.78 is 17.7. The predicted octanol–water partition coefficient (Wildman–Crippen LogP) is 2.47. The maximum absolute atomic E-state index is 6.05. The fourth-order valence-electron chi connectivity index (χ4n) is 3.01. The van der Waals surface area contributed by atoms with Gasteiger partial charge in [-0.3, -0.25) is 0 Å². The molecule has 1 saturated carbocycles. The van der Waals surface area contributed by atoms with Crippen LogP contribution in [-0.2, 0) is 16.0 Å². The Morgan fingerprint density at radius 2 is 2.20 bits per heavy atom. The van der Waals surface area contributed by atoms with Crippen molar-refractivity contribution in [2.24, 2.45) is 0 Å². The van der Waals surface area contributed by atoms with E-state index in [0.717, 1.165) is 25.1 Å². The van der Waals surface area contributed by atoms with Crippen molar-refractivity contribution < 1.29 is 14.2 Å². The molecule has 1 aliphatic carbocycles. The first-order chi connectivity index (χ1) is 9.80. The maximum Gasteiger partial charge on any atom is 0.169 e. The zero-order valence-electron chi connectivity index (χ0n) is 12.1. The lowest BCUT2D eigenvalue weighted by Gasteiger charge is -2.21. The van der Waals surface area contributed by atoms with Crippen molar-refractivity contribution in [3.63, 3.8) is 0 Å². The highest BCUT2D eigenvalue weighted by molar-refractivity contribution is 5.28. The largest absolute Gasteiger partial charge is 0.491 e. The number of rotatable bonds is 5. The molecular formula is C16H23NO3. The Balaban J connectivity index is 1.51. The van der Waals surface area contributed by atoms with E-state index < -0.39 is 0 Å². The predicted molar refractivity (Wildman–Crippen MR) is 76.7 cm³/mol. The molecule has 20 heavy (non-hydrogen) atoms. The molecular weight excluding hydrogens is 254 g/mol. The van der Waals surface area contributed by atoms with Crippen LogP contribution in [0.15, 0.2) is 24.3 Å². The molecule has 1 unspecified atom stereocenters. The van der Waals surface area contributed by atoms with Gasteiger partial charge in [0.05, 0.1) is 6.61 Å². The van der Waals surface area contributed by atoms with Gasteiger partial charge in [0.25, 0.3) is 0 Å². The lowest BCUT2D eigenvalue weighted by Crippen LogP contribution is -2.28. The molecule has 1 saturated heterocycles.